The summed E-state index contributed by atoms with van der Waals surface area (Å²) in [6.45, 7) is 0.386. The summed E-state index contributed by atoms with van der Waals surface area (Å²) in [5, 5.41) is 17.6. The number of hydrogen-bond acceptors (Lipinski definition) is 6. The molecule has 1 aliphatic heterocycles. The molecule has 1 unspecified atom stereocenters. The molecule has 0 aliphatic carbocycles. The van der Waals surface area contributed by atoms with Crippen LogP contribution in [0.4, 0.5) is 11.5 Å². The quantitative estimate of drug-likeness (QED) is 0.619. The lowest BCUT2D eigenvalue weighted by atomic mass is 10.1. The molecule has 2 rings (SSSR count). The molecule has 8 nitrogen and oxygen atoms in total. The lowest BCUT2D eigenvalue weighted by Crippen LogP contribution is -2.16. The molecule has 0 amide bonds. The lowest BCUT2D eigenvalue weighted by molar-refractivity contribution is -0.384. The molecule has 1 aromatic heterocycles. The van der Waals surface area contributed by atoms with Gasteiger partial charge in [0, 0.05) is 13.6 Å². The Morgan fingerprint density at radius 1 is 1.67 bits per heavy atom. The Hall–Kier alpha value is -1.64. The molecule has 1 aliphatic rings. The smallest absolute Gasteiger partial charge is 0.330 e. The Morgan fingerprint density at radius 3 is 2.94 bits per heavy atom. The van der Waals surface area contributed by atoms with Crippen molar-refractivity contribution in [3.8, 4) is 0 Å². The minimum absolute atomic E-state index is 0.00314. The summed E-state index contributed by atoms with van der Waals surface area (Å²) in [6.07, 6.45) is 1.91. The van der Waals surface area contributed by atoms with E-state index in [-0.39, 0.29) is 28.9 Å². The third-order valence-electron chi connectivity index (χ3n) is 2.89. The fraction of sp³-hybridized carbons (Fsp3) is 0.667. The van der Waals surface area contributed by atoms with E-state index in [9.17, 15) is 18.5 Å². The molecule has 1 aromatic rings. The maximum Gasteiger partial charge on any atom is 0.330 e. The van der Waals surface area contributed by atoms with Gasteiger partial charge in [0.25, 0.3) is 0 Å². The predicted molar refractivity (Wildman–Crippen MR) is 65.1 cm³/mol. The van der Waals surface area contributed by atoms with Crippen LogP contribution in [0.5, 0.6) is 0 Å². The SMILES string of the molecule is Cn1cc([N+](=O)[O-])c(NCC2CCS(=O)(=O)C2)n1. The van der Waals surface area contributed by atoms with Gasteiger partial charge >= 0.3 is 5.69 Å². The summed E-state index contributed by atoms with van der Waals surface area (Å²) < 4.78 is 23.9. The second-order valence-corrected chi connectivity index (χ2v) is 6.67. The van der Waals surface area contributed by atoms with E-state index in [2.05, 4.69) is 10.4 Å². The molecule has 0 radical (unpaired) electrons. The van der Waals surface area contributed by atoms with E-state index in [1.165, 1.54) is 10.9 Å². The van der Waals surface area contributed by atoms with Gasteiger partial charge in [-0.25, -0.2) is 8.42 Å². The van der Waals surface area contributed by atoms with Gasteiger partial charge in [-0.3, -0.25) is 14.8 Å². The minimum atomic E-state index is -2.92. The van der Waals surface area contributed by atoms with Crippen molar-refractivity contribution in [1.82, 2.24) is 9.78 Å². The van der Waals surface area contributed by atoms with Gasteiger partial charge in [-0.1, -0.05) is 0 Å². The number of aryl methyl sites for hydroxylation is 1. The van der Waals surface area contributed by atoms with Crippen molar-refractivity contribution in [3.63, 3.8) is 0 Å². The number of rotatable bonds is 4. The molecule has 1 atom stereocenters. The fourth-order valence-corrected chi connectivity index (χ4v) is 3.87. The van der Waals surface area contributed by atoms with E-state index < -0.39 is 14.8 Å². The van der Waals surface area contributed by atoms with E-state index >= 15 is 0 Å². The molecule has 1 fully saturated rings. The van der Waals surface area contributed by atoms with E-state index in [0.29, 0.717) is 13.0 Å². The van der Waals surface area contributed by atoms with E-state index in [4.69, 9.17) is 0 Å². The molecule has 0 saturated carbocycles. The van der Waals surface area contributed by atoms with Crippen LogP contribution in [0, 0.1) is 16.0 Å². The third-order valence-corrected chi connectivity index (χ3v) is 4.73. The summed E-state index contributed by atoms with van der Waals surface area (Å²) in [6, 6.07) is 0. The van der Waals surface area contributed by atoms with Crippen molar-refractivity contribution in [2.24, 2.45) is 13.0 Å². The molecular weight excluding hydrogens is 260 g/mol. The summed E-state index contributed by atoms with van der Waals surface area (Å²) in [7, 11) is -1.33. The van der Waals surface area contributed by atoms with Crippen molar-refractivity contribution >= 4 is 21.3 Å². The summed E-state index contributed by atoms with van der Waals surface area (Å²) in [5.74, 6) is 0.521. The van der Waals surface area contributed by atoms with Crippen LogP contribution in [0.1, 0.15) is 6.42 Å². The largest absolute Gasteiger partial charge is 0.363 e. The topological polar surface area (TPSA) is 107 Å². The van der Waals surface area contributed by atoms with Crippen LogP contribution in [-0.4, -0.2) is 41.2 Å². The Labute approximate surface area is 104 Å². The summed E-state index contributed by atoms with van der Waals surface area (Å²) >= 11 is 0. The molecule has 1 N–H and O–H groups in total. The zero-order valence-electron chi connectivity index (χ0n) is 9.87. The third kappa shape index (κ3) is 2.78. The van der Waals surface area contributed by atoms with Gasteiger partial charge in [0.1, 0.15) is 6.20 Å². The lowest BCUT2D eigenvalue weighted by Gasteiger charge is -2.07. The number of nitrogens with zero attached hydrogens (tertiary/aromatic N) is 3. The molecule has 9 heteroatoms. The van der Waals surface area contributed by atoms with Gasteiger partial charge in [-0.15, -0.1) is 5.10 Å². The van der Waals surface area contributed by atoms with Crippen molar-refractivity contribution < 1.29 is 13.3 Å². The second-order valence-electron chi connectivity index (χ2n) is 4.44. The standard InChI is InChI=1S/C9H14N4O4S/c1-12-5-8(13(14)15)9(11-12)10-4-7-2-3-18(16,17)6-7/h5,7H,2-4,6H2,1H3,(H,10,11). The Bertz CT molecular complexity index is 565. The van der Waals surface area contributed by atoms with Crippen LogP contribution in [0.3, 0.4) is 0 Å². The first-order valence-electron chi connectivity index (χ1n) is 5.50. The number of sulfone groups is 1. The molecule has 18 heavy (non-hydrogen) atoms. The fourth-order valence-electron chi connectivity index (χ4n) is 2.01. The highest BCUT2D eigenvalue weighted by Gasteiger charge is 2.28. The Balaban J connectivity index is 2.01. The van der Waals surface area contributed by atoms with Crippen LogP contribution in [0.15, 0.2) is 6.20 Å². The van der Waals surface area contributed by atoms with Gasteiger partial charge < -0.3 is 5.32 Å². The van der Waals surface area contributed by atoms with E-state index in [0.717, 1.165) is 0 Å². The number of nitro groups is 1. The normalized spacial score (nSPS) is 21.9. The Kier molecular flexibility index (Phi) is 3.24. The average molecular weight is 274 g/mol. The minimum Gasteiger partial charge on any atom is -0.363 e. The van der Waals surface area contributed by atoms with Gasteiger partial charge in [-0.05, 0) is 12.3 Å². The molecule has 0 spiro atoms. The van der Waals surface area contributed by atoms with Crippen LogP contribution >= 0.6 is 0 Å². The van der Waals surface area contributed by atoms with E-state index in [1.807, 2.05) is 0 Å². The van der Waals surface area contributed by atoms with E-state index in [1.54, 1.807) is 7.05 Å². The van der Waals surface area contributed by atoms with Gasteiger partial charge in [-0.2, -0.15) is 0 Å². The number of aromatic nitrogens is 2. The highest BCUT2D eigenvalue weighted by atomic mass is 32.2. The van der Waals surface area contributed by atoms with Crippen LogP contribution < -0.4 is 5.32 Å². The summed E-state index contributed by atoms with van der Waals surface area (Å²) in [4.78, 5) is 10.2. The Morgan fingerprint density at radius 2 is 2.39 bits per heavy atom. The van der Waals surface area contributed by atoms with Crippen molar-refractivity contribution in [1.29, 1.82) is 0 Å². The van der Waals surface area contributed by atoms with Crippen molar-refractivity contribution in [3.05, 3.63) is 16.3 Å². The molecule has 0 bridgehead atoms. The first-order valence-corrected chi connectivity index (χ1v) is 7.32. The zero-order chi connectivity index (χ0) is 13.3. The number of nitrogens with one attached hydrogen (secondary N) is 1. The number of hydrogen-bond donors (Lipinski definition) is 1. The van der Waals surface area contributed by atoms with Crippen molar-refractivity contribution in [2.75, 3.05) is 23.4 Å². The van der Waals surface area contributed by atoms with Gasteiger partial charge in [0.05, 0.1) is 16.4 Å². The number of anilines is 1. The van der Waals surface area contributed by atoms with Gasteiger partial charge in [0.15, 0.2) is 9.84 Å². The zero-order valence-corrected chi connectivity index (χ0v) is 10.7. The molecule has 1 saturated heterocycles. The highest BCUT2D eigenvalue weighted by molar-refractivity contribution is 7.91. The first-order chi connectivity index (χ1) is 8.37. The molecule has 100 valence electrons. The molecule has 2 heterocycles. The highest BCUT2D eigenvalue weighted by Crippen LogP contribution is 2.24. The summed E-state index contributed by atoms with van der Waals surface area (Å²) in [5.41, 5.74) is -0.0987. The van der Waals surface area contributed by atoms with Crippen LogP contribution in [-0.2, 0) is 16.9 Å². The molecular formula is C9H14N4O4S. The average Bonchev–Trinajstić information content (AvgIpc) is 2.78. The van der Waals surface area contributed by atoms with Crippen molar-refractivity contribution in [2.45, 2.75) is 6.42 Å². The first kappa shape index (κ1) is 12.8. The van der Waals surface area contributed by atoms with Crippen LogP contribution in [0.25, 0.3) is 0 Å². The maximum atomic E-state index is 11.3. The molecule has 0 aromatic carbocycles. The predicted octanol–water partition coefficient (Wildman–Crippen LogP) is 0.175. The maximum absolute atomic E-state index is 11.3. The second kappa shape index (κ2) is 4.56. The monoisotopic (exact) mass is 274 g/mol. The van der Waals surface area contributed by atoms with Crippen LogP contribution in [0.2, 0.25) is 0 Å². The van der Waals surface area contributed by atoms with Gasteiger partial charge in [0.2, 0.25) is 5.82 Å².